The van der Waals surface area contributed by atoms with Gasteiger partial charge in [0.05, 0.1) is 17.2 Å². The lowest BCUT2D eigenvalue weighted by Gasteiger charge is -2.03. The van der Waals surface area contributed by atoms with E-state index in [1.165, 1.54) is 0 Å². The maximum atomic E-state index is 11.6. The molecule has 1 aromatic carbocycles. The van der Waals surface area contributed by atoms with Gasteiger partial charge in [0.25, 0.3) is 0 Å². The fourth-order valence-electron chi connectivity index (χ4n) is 1.69. The molecule has 0 fully saturated rings. The Kier molecular flexibility index (Phi) is 5.00. The summed E-state index contributed by atoms with van der Waals surface area (Å²) in [6.07, 6.45) is 8.45. The number of amides is 1. The van der Waals surface area contributed by atoms with E-state index in [1.807, 2.05) is 49.4 Å². The number of aromatic nitrogens is 2. The van der Waals surface area contributed by atoms with Gasteiger partial charge in [-0.05, 0) is 24.6 Å². The van der Waals surface area contributed by atoms with Crippen molar-refractivity contribution in [3.05, 3.63) is 66.3 Å². The lowest BCUT2D eigenvalue weighted by Crippen LogP contribution is -2.10. The van der Waals surface area contributed by atoms with Crippen LogP contribution in [0.15, 0.2) is 65.9 Å². The second-order valence-corrected chi connectivity index (χ2v) is 4.25. The Labute approximate surface area is 118 Å². The Bertz CT molecular complexity index is 636. The second-order valence-electron chi connectivity index (χ2n) is 4.25. The number of nitrogens with zero attached hydrogens (tertiary/aromatic N) is 3. The average molecular weight is 267 g/mol. The van der Waals surface area contributed by atoms with E-state index in [2.05, 4.69) is 10.1 Å². The average Bonchev–Trinajstić information content (AvgIpc) is 2.49. The minimum atomic E-state index is -0.158. The zero-order chi connectivity index (χ0) is 14.2. The van der Waals surface area contributed by atoms with Crippen LogP contribution in [0, 0.1) is 0 Å². The van der Waals surface area contributed by atoms with Crippen LogP contribution in [0.1, 0.15) is 19.8 Å². The highest BCUT2D eigenvalue weighted by atomic mass is 16.1. The van der Waals surface area contributed by atoms with Gasteiger partial charge in [0, 0.05) is 12.6 Å². The van der Waals surface area contributed by atoms with Crippen molar-refractivity contribution >= 4 is 5.91 Å². The number of hydrogen-bond donors (Lipinski definition) is 0. The molecule has 1 amide bonds. The zero-order valence-electron chi connectivity index (χ0n) is 11.4. The van der Waals surface area contributed by atoms with Gasteiger partial charge in [-0.3, -0.25) is 4.79 Å². The molecule has 2 aromatic rings. The predicted molar refractivity (Wildman–Crippen MR) is 78.2 cm³/mol. The largest absolute Gasteiger partial charge is 0.272 e. The molecule has 0 bridgehead atoms. The third-order valence-corrected chi connectivity index (χ3v) is 2.67. The predicted octanol–water partition coefficient (Wildman–Crippen LogP) is 2.66. The van der Waals surface area contributed by atoms with E-state index in [1.54, 1.807) is 23.1 Å². The highest BCUT2D eigenvalue weighted by Crippen LogP contribution is 2.02. The van der Waals surface area contributed by atoms with Crippen molar-refractivity contribution in [2.24, 2.45) is 4.99 Å². The smallest absolute Gasteiger partial charge is 0.250 e. The van der Waals surface area contributed by atoms with Gasteiger partial charge in [0.15, 0.2) is 0 Å². The molecule has 0 saturated carbocycles. The van der Waals surface area contributed by atoms with Crippen LogP contribution in [-0.4, -0.2) is 15.7 Å². The number of allylic oxidation sites excluding steroid dienone is 1. The fraction of sp³-hybridized carbons (Fsp3) is 0.188. The van der Waals surface area contributed by atoms with E-state index in [0.29, 0.717) is 11.8 Å². The van der Waals surface area contributed by atoms with E-state index in [4.69, 9.17) is 0 Å². The lowest BCUT2D eigenvalue weighted by molar-refractivity contribution is -0.117. The van der Waals surface area contributed by atoms with E-state index in [-0.39, 0.29) is 5.91 Å². The van der Waals surface area contributed by atoms with E-state index >= 15 is 0 Å². The summed E-state index contributed by atoms with van der Waals surface area (Å²) in [5, 5.41) is 4.83. The number of hydrogen-bond acceptors (Lipinski definition) is 2. The Morgan fingerprint density at radius 1 is 1.25 bits per heavy atom. The monoisotopic (exact) mass is 267 g/mol. The number of benzene rings is 1. The molecule has 2 rings (SSSR count). The summed E-state index contributed by atoms with van der Waals surface area (Å²) in [5.41, 5.74) is 0.969. The van der Waals surface area contributed by atoms with Crippen LogP contribution in [-0.2, 0) is 4.79 Å². The van der Waals surface area contributed by atoms with Crippen molar-refractivity contribution < 1.29 is 4.79 Å². The summed E-state index contributed by atoms with van der Waals surface area (Å²) < 4.78 is 1.74. The second kappa shape index (κ2) is 7.19. The molecule has 0 unspecified atom stereocenters. The number of carbonyl (C=O) groups is 1. The van der Waals surface area contributed by atoms with Gasteiger partial charge in [-0.2, -0.15) is 5.10 Å². The van der Waals surface area contributed by atoms with Gasteiger partial charge in [0.1, 0.15) is 0 Å². The summed E-state index contributed by atoms with van der Waals surface area (Å²) in [6, 6.07) is 11.6. The van der Waals surface area contributed by atoms with Crippen LogP contribution in [0.2, 0.25) is 0 Å². The quantitative estimate of drug-likeness (QED) is 0.799. The first-order valence-electron chi connectivity index (χ1n) is 6.62. The molecular weight excluding hydrogens is 250 g/mol. The molecule has 1 heterocycles. The van der Waals surface area contributed by atoms with Gasteiger partial charge in [-0.25, -0.2) is 9.67 Å². The SMILES string of the molecule is CC/C=C/CC(=O)N=c1ccn(-c2ccccc2)nc1. The van der Waals surface area contributed by atoms with Crippen LogP contribution in [0.4, 0.5) is 0 Å². The van der Waals surface area contributed by atoms with E-state index in [0.717, 1.165) is 12.1 Å². The molecule has 0 spiro atoms. The number of rotatable bonds is 4. The maximum Gasteiger partial charge on any atom is 0.250 e. The molecule has 0 aliphatic heterocycles. The molecule has 0 N–H and O–H groups in total. The molecule has 4 nitrogen and oxygen atoms in total. The van der Waals surface area contributed by atoms with Crippen LogP contribution in [0.25, 0.3) is 5.69 Å². The molecule has 4 heteroatoms. The number of carbonyl (C=O) groups excluding carboxylic acids is 1. The summed E-state index contributed by atoms with van der Waals surface area (Å²) in [6.45, 7) is 2.03. The van der Waals surface area contributed by atoms with Crippen molar-refractivity contribution in [2.45, 2.75) is 19.8 Å². The van der Waals surface area contributed by atoms with Crippen LogP contribution >= 0.6 is 0 Å². The van der Waals surface area contributed by atoms with Crippen molar-refractivity contribution in [2.75, 3.05) is 0 Å². The Morgan fingerprint density at radius 3 is 2.70 bits per heavy atom. The van der Waals surface area contributed by atoms with Crippen molar-refractivity contribution in [1.82, 2.24) is 9.78 Å². The molecule has 1 aromatic heterocycles. The first-order valence-corrected chi connectivity index (χ1v) is 6.62. The standard InChI is InChI=1S/C16H17N3O/c1-2-3-5-10-16(20)18-14-11-12-19(17-13-14)15-8-6-4-7-9-15/h3-9,11-13H,2,10H2,1H3/b5-3+,18-14?. The topological polar surface area (TPSA) is 47.2 Å². The first kappa shape index (κ1) is 13.9. The minimum absolute atomic E-state index is 0.158. The fourth-order valence-corrected chi connectivity index (χ4v) is 1.69. The number of para-hydroxylation sites is 1. The van der Waals surface area contributed by atoms with E-state index in [9.17, 15) is 4.79 Å². The Hall–Kier alpha value is -2.49. The summed E-state index contributed by atoms with van der Waals surface area (Å²) in [7, 11) is 0. The molecule has 0 aliphatic carbocycles. The van der Waals surface area contributed by atoms with Crippen LogP contribution in [0.5, 0.6) is 0 Å². The molecular formula is C16H17N3O. The minimum Gasteiger partial charge on any atom is -0.272 e. The zero-order valence-corrected chi connectivity index (χ0v) is 11.4. The Balaban J connectivity index is 2.12. The van der Waals surface area contributed by atoms with Crippen molar-refractivity contribution in [3.63, 3.8) is 0 Å². The normalized spacial score (nSPS) is 11.9. The van der Waals surface area contributed by atoms with Gasteiger partial charge >= 0.3 is 0 Å². The van der Waals surface area contributed by atoms with Crippen molar-refractivity contribution in [3.8, 4) is 5.69 Å². The van der Waals surface area contributed by atoms with E-state index < -0.39 is 0 Å². The van der Waals surface area contributed by atoms with Crippen LogP contribution in [0.3, 0.4) is 0 Å². The molecule has 102 valence electrons. The molecule has 0 radical (unpaired) electrons. The van der Waals surface area contributed by atoms with Gasteiger partial charge in [0.2, 0.25) is 5.91 Å². The molecule has 0 aliphatic rings. The molecule has 0 saturated heterocycles. The van der Waals surface area contributed by atoms with Gasteiger partial charge in [-0.1, -0.05) is 37.3 Å². The molecule has 20 heavy (non-hydrogen) atoms. The third-order valence-electron chi connectivity index (χ3n) is 2.67. The van der Waals surface area contributed by atoms with Gasteiger partial charge in [-0.15, -0.1) is 0 Å². The maximum absolute atomic E-state index is 11.6. The molecule has 0 atom stereocenters. The third kappa shape index (κ3) is 4.02. The van der Waals surface area contributed by atoms with Crippen molar-refractivity contribution in [1.29, 1.82) is 0 Å². The van der Waals surface area contributed by atoms with Crippen LogP contribution < -0.4 is 5.36 Å². The first-order chi connectivity index (χ1) is 9.79. The summed E-state index contributed by atoms with van der Waals surface area (Å²) in [5.74, 6) is -0.158. The summed E-state index contributed by atoms with van der Waals surface area (Å²) >= 11 is 0. The highest BCUT2D eigenvalue weighted by Gasteiger charge is 1.96. The Morgan fingerprint density at radius 2 is 2.05 bits per heavy atom. The van der Waals surface area contributed by atoms with Gasteiger partial charge < -0.3 is 0 Å². The highest BCUT2D eigenvalue weighted by molar-refractivity contribution is 5.78. The summed E-state index contributed by atoms with van der Waals surface area (Å²) in [4.78, 5) is 15.6. The lowest BCUT2D eigenvalue weighted by atomic mass is 10.3.